The van der Waals surface area contributed by atoms with Crippen LogP contribution in [-0.2, 0) is 0 Å². The molecule has 1 atom stereocenters. The zero-order valence-electron chi connectivity index (χ0n) is 9.02. The lowest BCUT2D eigenvalue weighted by Gasteiger charge is -2.16. The Balaban J connectivity index is 3.19. The van der Waals surface area contributed by atoms with Crippen molar-refractivity contribution in [2.45, 2.75) is 19.9 Å². The van der Waals surface area contributed by atoms with Crippen LogP contribution in [0.3, 0.4) is 0 Å². The van der Waals surface area contributed by atoms with Crippen LogP contribution in [-0.4, -0.2) is 14.2 Å². The largest absolute Gasteiger partial charge is 0.496 e. The molecule has 0 saturated heterocycles. The van der Waals surface area contributed by atoms with E-state index < -0.39 is 0 Å². The van der Waals surface area contributed by atoms with E-state index >= 15 is 0 Å². The van der Waals surface area contributed by atoms with Gasteiger partial charge >= 0.3 is 0 Å². The summed E-state index contributed by atoms with van der Waals surface area (Å²) in [5.41, 5.74) is 2.13. The Hall–Kier alpha value is -0.730. The van der Waals surface area contributed by atoms with Crippen molar-refractivity contribution in [3.05, 3.63) is 28.3 Å². The third kappa shape index (κ3) is 2.20. The topological polar surface area (TPSA) is 21.3 Å². The average Bonchev–Trinajstić information content (AvgIpc) is 2.20. The third-order valence-corrected chi connectivity index (χ3v) is 2.82. The van der Waals surface area contributed by atoms with Crippen molar-refractivity contribution in [1.82, 2.24) is 5.32 Å². The van der Waals surface area contributed by atoms with Crippen LogP contribution in [0.2, 0.25) is 5.02 Å². The highest BCUT2D eigenvalue weighted by Gasteiger charge is 2.11. The van der Waals surface area contributed by atoms with Gasteiger partial charge < -0.3 is 10.1 Å². The number of ether oxygens (including phenoxy) is 1. The highest BCUT2D eigenvalue weighted by Crippen LogP contribution is 2.30. The molecule has 0 aliphatic heterocycles. The minimum absolute atomic E-state index is 0.239. The molecule has 0 fully saturated rings. The van der Waals surface area contributed by atoms with E-state index in [1.165, 1.54) is 0 Å². The Kier molecular flexibility index (Phi) is 3.78. The van der Waals surface area contributed by atoms with E-state index in [-0.39, 0.29) is 6.04 Å². The van der Waals surface area contributed by atoms with E-state index in [0.29, 0.717) is 0 Å². The SMILES string of the molecule is CNC(C)c1cc(Cl)c(C)cc1OC. The average molecular weight is 214 g/mol. The second kappa shape index (κ2) is 4.67. The van der Waals surface area contributed by atoms with Gasteiger partial charge in [0, 0.05) is 16.6 Å². The quantitative estimate of drug-likeness (QED) is 0.834. The van der Waals surface area contributed by atoms with E-state index in [2.05, 4.69) is 12.2 Å². The third-order valence-electron chi connectivity index (χ3n) is 2.41. The molecule has 0 heterocycles. The zero-order chi connectivity index (χ0) is 10.7. The van der Waals surface area contributed by atoms with Gasteiger partial charge in [-0.3, -0.25) is 0 Å². The van der Waals surface area contributed by atoms with Crippen molar-refractivity contribution in [3.63, 3.8) is 0 Å². The predicted octanol–water partition coefficient (Wildman–Crippen LogP) is 2.94. The van der Waals surface area contributed by atoms with Crippen molar-refractivity contribution in [2.75, 3.05) is 14.2 Å². The normalized spacial score (nSPS) is 12.6. The minimum atomic E-state index is 0.239. The van der Waals surface area contributed by atoms with Crippen molar-refractivity contribution in [1.29, 1.82) is 0 Å². The summed E-state index contributed by atoms with van der Waals surface area (Å²) in [5, 5.41) is 3.94. The molecule has 0 aliphatic rings. The van der Waals surface area contributed by atoms with Gasteiger partial charge in [0.25, 0.3) is 0 Å². The van der Waals surface area contributed by atoms with E-state index in [1.807, 2.05) is 26.1 Å². The molecule has 0 spiro atoms. The number of nitrogens with one attached hydrogen (secondary N) is 1. The molecule has 78 valence electrons. The smallest absolute Gasteiger partial charge is 0.123 e. The van der Waals surface area contributed by atoms with Gasteiger partial charge in [0.1, 0.15) is 5.75 Å². The number of rotatable bonds is 3. The maximum atomic E-state index is 6.06. The Bertz CT molecular complexity index is 325. The molecule has 0 amide bonds. The number of methoxy groups -OCH3 is 1. The van der Waals surface area contributed by atoms with Crippen LogP contribution < -0.4 is 10.1 Å². The fourth-order valence-corrected chi connectivity index (χ4v) is 1.51. The lowest BCUT2D eigenvalue weighted by Crippen LogP contribution is -2.13. The molecular weight excluding hydrogens is 198 g/mol. The van der Waals surface area contributed by atoms with Gasteiger partial charge in [0.05, 0.1) is 7.11 Å². The number of hydrogen-bond acceptors (Lipinski definition) is 2. The molecule has 0 aliphatic carbocycles. The number of halogens is 1. The summed E-state index contributed by atoms with van der Waals surface area (Å²) >= 11 is 6.06. The van der Waals surface area contributed by atoms with Crippen LogP contribution in [0, 0.1) is 6.92 Å². The van der Waals surface area contributed by atoms with Crippen LogP contribution in [0.15, 0.2) is 12.1 Å². The summed E-state index contributed by atoms with van der Waals surface area (Å²) in [6.07, 6.45) is 0. The molecule has 1 aromatic rings. The summed E-state index contributed by atoms with van der Waals surface area (Å²) in [6, 6.07) is 4.16. The Morgan fingerprint density at radius 2 is 2.07 bits per heavy atom. The molecule has 0 aromatic heterocycles. The first-order valence-corrected chi connectivity index (χ1v) is 4.99. The van der Waals surface area contributed by atoms with Crippen molar-refractivity contribution in [2.24, 2.45) is 0 Å². The molecule has 0 bridgehead atoms. The highest BCUT2D eigenvalue weighted by atomic mass is 35.5. The fraction of sp³-hybridized carbons (Fsp3) is 0.455. The molecule has 14 heavy (non-hydrogen) atoms. The van der Waals surface area contributed by atoms with Crippen LogP contribution in [0.5, 0.6) is 5.75 Å². The van der Waals surface area contributed by atoms with E-state index in [9.17, 15) is 0 Å². The van der Waals surface area contributed by atoms with E-state index in [0.717, 1.165) is 21.9 Å². The van der Waals surface area contributed by atoms with Gasteiger partial charge in [0.15, 0.2) is 0 Å². The maximum absolute atomic E-state index is 6.06. The highest BCUT2D eigenvalue weighted by molar-refractivity contribution is 6.31. The standard InChI is InChI=1S/C11H16ClNO/c1-7-5-11(14-4)9(6-10(7)12)8(2)13-3/h5-6,8,13H,1-4H3. The molecule has 1 unspecified atom stereocenters. The lowest BCUT2D eigenvalue weighted by molar-refractivity contribution is 0.403. The maximum Gasteiger partial charge on any atom is 0.123 e. The zero-order valence-corrected chi connectivity index (χ0v) is 9.77. The van der Waals surface area contributed by atoms with Gasteiger partial charge in [-0.2, -0.15) is 0 Å². The second-order valence-electron chi connectivity index (χ2n) is 3.35. The second-order valence-corrected chi connectivity index (χ2v) is 3.76. The minimum Gasteiger partial charge on any atom is -0.496 e. The first kappa shape index (κ1) is 11.3. The van der Waals surface area contributed by atoms with Gasteiger partial charge in [0.2, 0.25) is 0 Å². The fourth-order valence-electron chi connectivity index (χ4n) is 1.34. The van der Waals surface area contributed by atoms with E-state index in [4.69, 9.17) is 16.3 Å². The summed E-state index contributed by atoms with van der Waals surface area (Å²) < 4.78 is 5.31. The van der Waals surface area contributed by atoms with Crippen LogP contribution in [0.25, 0.3) is 0 Å². The summed E-state index contributed by atoms with van der Waals surface area (Å²) in [6.45, 7) is 4.04. The lowest BCUT2D eigenvalue weighted by atomic mass is 10.1. The van der Waals surface area contributed by atoms with Gasteiger partial charge in [-0.05, 0) is 38.6 Å². The van der Waals surface area contributed by atoms with E-state index in [1.54, 1.807) is 7.11 Å². The predicted molar refractivity (Wildman–Crippen MR) is 60.2 cm³/mol. The van der Waals surface area contributed by atoms with Crippen LogP contribution in [0.1, 0.15) is 24.1 Å². The summed E-state index contributed by atoms with van der Waals surface area (Å²) in [4.78, 5) is 0. The number of benzene rings is 1. The number of aryl methyl sites for hydroxylation is 1. The molecule has 0 radical (unpaired) electrons. The molecule has 3 heteroatoms. The Morgan fingerprint density at radius 1 is 1.43 bits per heavy atom. The Morgan fingerprint density at radius 3 is 2.57 bits per heavy atom. The number of hydrogen-bond donors (Lipinski definition) is 1. The molecule has 2 nitrogen and oxygen atoms in total. The molecule has 1 aromatic carbocycles. The monoisotopic (exact) mass is 213 g/mol. The molecule has 1 N–H and O–H groups in total. The molecule has 0 saturated carbocycles. The Labute approximate surface area is 90.2 Å². The van der Waals surface area contributed by atoms with Crippen molar-refractivity contribution in [3.8, 4) is 5.75 Å². The summed E-state index contributed by atoms with van der Waals surface area (Å²) in [5.74, 6) is 0.883. The molecular formula is C11H16ClNO. The molecule has 1 rings (SSSR count). The van der Waals surface area contributed by atoms with Gasteiger partial charge in [-0.15, -0.1) is 0 Å². The summed E-state index contributed by atoms with van der Waals surface area (Å²) in [7, 11) is 3.59. The van der Waals surface area contributed by atoms with Gasteiger partial charge in [-0.1, -0.05) is 11.6 Å². The van der Waals surface area contributed by atoms with Crippen LogP contribution in [0.4, 0.5) is 0 Å². The first-order chi connectivity index (χ1) is 6.60. The van der Waals surface area contributed by atoms with Crippen molar-refractivity contribution >= 4 is 11.6 Å². The first-order valence-electron chi connectivity index (χ1n) is 4.61. The van der Waals surface area contributed by atoms with Gasteiger partial charge in [-0.25, -0.2) is 0 Å². The van der Waals surface area contributed by atoms with Crippen LogP contribution >= 0.6 is 11.6 Å². The van der Waals surface area contributed by atoms with Crippen molar-refractivity contribution < 1.29 is 4.74 Å².